The predicted molar refractivity (Wildman–Crippen MR) is 91.8 cm³/mol. The van der Waals surface area contributed by atoms with Crippen molar-refractivity contribution in [2.24, 2.45) is 0 Å². The Labute approximate surface area is 138 Å². The molecule has 116 valence electrons. The number of rotatable bonds is 3. The van der Waals surface area contributed by atoms with Gasteiger partial charge in [-0.05, 0) is 35.2 Å². The Kier molecular flexibility index (Phi) is 3.36. The van der Waals surface area contributed by atoms with Gasteiger partial charge in [-0.15, -0.1) is 5.10 Å². The number of benzene rings is 3. The highest BCUT2D eigenvalue weighted by atomic mass is 16.5. The summed E-state index contributed by atoms with van der Waals surface area (Å²) in [7, 11) is 1.65. The van der Waals surface area contributed by atoms with E-state index in [1.54, 1.807) is 7.11 Å². The number of hydrogen-bond donors (Lipinski definition) is 0. The molecule has 4 rings (SSSR count). The second kappa shape index (κ2) is 5.67. The summed E-state index contributed by atoms with van der Waals surface area (Å²) in [6, 6.07) is 19.8. The van der Waals surface area contributed by atoms with Crippen LogP contribution in [-0.4, -0.2) is 22.1 Å². The van der Waals surface area contributed by atoms with Crippen molar-refractivity contribution in [3.8, 4) is 11.8 Å². The normalized spacial score (nSPS) is 10.8. The third-order valence-electron chi connectivity index (χ3n) is 4.13. The summed E-state index contributed by atoms with van der Waals surface area (Å²) in [5, 5.41) is 19.9. The van der Waals surface area contributed by atoms with Crippen LogP contribution in [0.25, 0.3) is 21.8 Å². The van der Waals surface area contributed by atoms with E-state index < -0.39 is 0 Å². The van der Waals surface area contributed by atoms with E-state index in [2.05, 4.69) is 16.4 Å². The Bertz CT molecular complexity index is 1070. The molecule has 0 N–H and O–H groups in total. The fourth-order valence-electron chi connectivity index (χ4n) is 2.95. The van der Waals surface area contributed by atoms with Gasteiger partial charge in [0.05, 0.1) is 30.8 Å². The summed E-state index contributed by atoms with van der Waals surface area (Å²) in [5.41, 5.74) is 3.41. The average Bonchev–Trinajstić information content (AvgIpc) is 3.05. The average molecular weight is 314 g/mol. The highest BCUT2D eigenvalue weighted by molar-refractivity contribution is 6.07. The zero-order valence-electron chi connectivity index (χ0n) is 13.1. The van der Waals surface area contributed by atoms with Crippen molar-refractivity contribution in [3.63, 3.8) is 0 Å². The Balaban J connectivity index is 1.89. The van der Waals surface area contributed by atoms with Crippen LogP contribution in [0.4, 0.5) is 0 Å². The lowest BCUT2D eigenvalue weighted by molar-refractivity contribution is 0.414. The molecule has 0 aliphatic carbocycles. The largest absolute Gasteiger partial charge is 0.497 e. The van der Waals surface area contributed by atoms with E-state index in [1.807, 2.05) is 59.3 Å². The number of aromatic nitrogens is 3. The quantitative estimate of drug-likeness (QED) is 0.580. The van der Waals surface area contributed by atoms with Gasteiger partial charge in [-0.2, -0.15) is 5.26 Å². The van der Waals surface area contributed by atoms with Gasteiger partial charge in [-0.25, -0.2) is 4.68 Å². The summed E-state index contributed by atoms with van der Waals surface area (Å²) in [6.45, 7) is 0.583. The number of nitrogens with zero attached hydrogens (tertiary/aromatic N) is 4. The van der Waals surface area contributed by atoms with E-state index in [-0.39, 0.29) is 0 Å². The fourth-order valence-corrected chi connectivity index (χ4v) is 2.95. The van der Waals surface area contributed by atoms with Crippen molar-refractivity contribution in [3.05, 3.63) is 65.7 Å². The van der Waals surface area contributed by atoms with Crippen LogP contribution in [0.1, 0.15) is 11.1 Å². The number of hydrogen-bond acceptors (Lipinski definition) is 4. The third kappa shape index (κ3) is 2.25. The molecule has 3 aromatic carbocycles. The van der Waals surface area contributed by atoms with Crippen molar-refractivity contribution in [2.45, 2.75) is 6.54 Å². The van der Waals surface area contributed by atoms with Crippen LogP contribution in [-0.2, 0) is 6.54 Å². The van der Waals surface area contributed by atoms with Crippen molar-refractivity contribution < 1.29 is 4.74 Å². The molecule has 4 aromatic rings. The molecule has 1 aromatic heterocycles. The Hall–Kier alpha value is -3.39. The van der Waals surface area contributed by atoms with Crippen LogP contribution in [0, 0.1) is 11.3 Å². The van der Waals surface area contributed by atoms with E-state index in [1.165, 1.54) is 0 Å². The summed E-state index contributed by atoms with van der Waals surface area (Å²) in [6.07, 6.45) is 0. The van der Waals surface area contributed by atoms with Crippen molar-refractivity contribution >= 4 is 21.8 Å². The zero-order chi connectivity index (χ0) is 16.5. The van der Waals surface area contributed by atoms with E-state index >= 15 is 0 Å². The lowest BCUT2D eigenvalue weighted by Gasteiger charge is -2.07. The number of nitriles is 1. The highest BCUT2D eigenvalue weighted by Gasteiger charge is 2.12. The zero-order valence-corrected chi connectivity index (χ0v) is 13.1. The summed E-state index contributed by atoms with van der Waals surface area (Å²) in [5.74, 6) is 0.819. The Morgan fingerprint density at radius 3 is 2.67 bits per heavy atom. The molecule has 0 spiro atoms. The van der Waals surface area contributed by atoms with E-state index in [0.717, 1.165) is 33.1 Å². The lowest BCUT2D eigenvalue weighted by Crippen LogP contribution is -2.02. The molecule has 0 amide bonds. The van der Waals surface area contributed by atoms with Gasteiger partial charge in [0, 0.05) is 5.39 Å². The van der Waals surface area contributed by atoms with Gasteiger partial charge < -0.3 is 4.74 Å². The van der Waals surface area contributed by atoms with Gasteiger partial charge in [0.25, 0.3) is 0 Å². The second-order valence-corrected chi connectivity index (χ2v) is 5.54. The third-order valence-corrected chi connectivity index (χ3v) is 4.13. The Morgan fingerprint density at radius 2 is 1.92 bits per heavy atom. The summed E-state index contributed by atoms with van der Waals surface area (Å²) < 4.78 is 7.04. The van der Waals surface area contributed by atoms with Crippen LogP contribution < -0.4 is 4.74 Å². The standard InChI is InChI=1S/C19H14N4O/c1-24-16-8-5-13(6-9-16)12-23-19-17(21-22-23)10-7-14-3-2-4-15(11-20)18(14)19/h2-10H,12H2,1H3. The molecule has 0 radical (unpaired) electrons. The van der Waals surface area contributed by atoms with Gasteiger partial charge >= 0.3 is 0 Å². The van der Waals surface area contributed by atoms with Crippen LogP contribution in [0.5, 0.6) is 5.75 Å². The maximum Gasteiger partial charge on any atom is 0.118 e. The molecule has 1 heterocycles. The van der Waals surface area contributed by atoms with Gasteiger partial charge in [0.2, 0.25) is 0 Å². The van der Waals surface area contributed by atoms with E-state index in [4.69, 9.17) is 4.74 Å². The van der Waals surface area contributed by atoms with Gasteiger partial charge in [-0.1, -0.05) is 35.5 Å². The summed E-state index contributed by atoms with van der Waals surface area (Å²) in [4.78, 5) is 0. The molecule has 0 saturated carbocycles. The molecule has 5 heteroatoms. The van der Waals surface area contributed by atoms with Crippen molar-refractivity contribution in [2.75, 3.05) is 7.11 Å². The molecule has 0 atom stereocenters. The molecule has 0 aliphatic heterocycles. The van der Waals surface area contributed by atoms with E-state index in [0.29, 0.717) is 12.1 Å². The van der Waals surface area contributed by atoms with Gasteiger partial charge in [0.15, 0.2) is 0 Å². The van der Waals surface area contributed by atoms with E-state index in [9.17, 15) is 5.26 Å². The maximum atomic E-state index is 9.46. The van der Waals surface area contributed by atoms with Gasteiger partial charge in [0.1, 0.15) is 11.3 Å². The summed E-state index contributed by atoms with van der Waals surface area (Å²) >= 11 is 0. The molecule has 0 unspecified atom stereocenters. The molecular formula is C19H14N4O. The van der Waals surface area contributed by atoms with Crippen molar-refractivity contribution in [1.29, 1.82) is 5.26 Å². The number of fused-ring (bicyclic) bond motifs is 3. The highest BCUT2D eigenvalue weighted by Crippen LogP contribution is 2.27. The predicted octanol–water partition coefficient (Wildman–Crippen LogP) is 3.51. The molecular weight excluding hydrogens is 300 g/mol. The lowest BCUT2D eigenvalue weighted by atomic mass is 10.0. The second-order valence-electron chi connectivity index (χ2n) is 5.54. The molecule has 0 aliphatic rings. The monoisotopic (exact) mass is 314 g/mol. The fraction of sp³-hybridized carbons (Fsp3) is 0.105. The minimum atomic E-state index is 0.583. The van der Waals surface area contributed by atoms with Gasteiger partial charge in [-0.3, -0.25) is 0 Å². The molecule has 24 heavy (non-hydrogen) atoms. The topological polar surface area (TPSA) is 63.7 Å². The SMILES string of the molecule is COc1ccc(Cn2nnc3ccc4cccc(C#N)c4c32)cc1. The minimum absolute atomic E-state index is 0.583. The first kappa shape index (κ1) is 14.2. The number of ether oxygens (including phenoxy) is 1. The first-order valence-corrected chi connectivity index (χ1v) is 7.58. The number of methoxy groups -OCH3 is 1. The first-order chi connectivity index (χ1) is 11.8. The molecule has 0 saturated heterocycles. The molecule has 0 fully saturated rings. The molecule has 5 nitrogen and oxygen atoms in total. The minimum Gasteiger partial charge on any atom is -0.497 e. The first-order valence-electron chi connectivity index (χ1n) is 7.58. The van der Waals surface area contributed by atoms with Crippen LogP contribution >= 0.6 is 0 Å². The van der Waals surface area contributed by atoms with Crippen LogP contribution in [0.2, 0.25) is 0 Å². The maximum absolute atomic E-state index is 9.46. The van der Waals surface area contributed by atoms with Crippen molar-refractivity contribution in [1.82, 2.24) is 15.0 Å². The molecule has 0 bridgehead atoms. The smallest absolute Gasteiger partial charge is 0.118 e. The van der Waals surface area contributed by atoms with Crippen LogP contribution in [0.15, 0.2) is 54.6 Å². The Morgan fingerprint density at radius 1 is 1.08 bits per heavy atom. The van der Waals surface area contributed by atoms with Crippen LogP contribution in [0.3, 0.4) is 0 Å².